The van der Waals surface area contributed by atoms with Gasteiger partial charge in [-0.2, -0.15) is 0 Å². The summed E-state index contributed by atoms with van der Waals surface area (Å²) in [6, 6.07) is 11.9. The molecule has 0 saturated heterocycles. The van der Waals surface area contributed by atoms with Gasteiger partial charge >= 0.3 is 0 Å². The Balaban J connectivity index is 2.25. The number of methoxy groups -OCH3 is 1. The van der Waals surface area contributed by atoms with Crippen molar-refractivity contribution in [3.63, 3.8) is 0 Å². The summed E-state index contributed by atoms with van der Waals surface area (Å²) >= 11 is 6.11. The first-order chi connectivity index (χ1) is 10.1. The van der Waals surface area contributed by atoms with Crippen LogP contribution in [0.25, 0.3) is 0 Å². The molecule has 0 bridgehead atoms. The fourth-order valence-corrected chi connectivity index (χ4v) is 2.45. The van der Waals surface area contributed by atoms with E-state index in [1.54, 1.807) is 13.2 Å². The van der Waals surface area contributed by atoms with E-state index in [1.165, 1.54) is 5.56 Å². The molecule has 1 N–H and O–H groups in total. The number of halogens is 1. The van der Waals surface area contributed by atoms with E-state index < -0.39 is 0 Å². The minimum Gasteiger partial charge on any atom is -0.493 e. The lowest BCUT2D eigenvalue weighted by molar-refractivity contribution is 0.281. The highest BCUT2D eigenvalue weighted by atomic mass is 35.5. The van der Waals surface area contributed by atoms with Crippen molar-refractivity contribution in [1.29, 1.82) is 0 Å². The molecule has 0 unspecified atom stereocenters. The Hall–Kier alpha value is -1.71. The molecule has 0 spiro atoms. The van der Waals surface area contributed by atoms with E-state index in [0.717, 1.165) is 16.9 Å². The van der Waals surface area contributed by atoms with E-state index in [2.05, 4.69) is 24.4 Å². The molecule has 2 aromatic carbocycles. The van der Waals surface area contributed by atoms with E-state index in [4.69, 9.17) is 21.1 Å². The van der Waals surface area contributed by atoms with Crippen LogP contribution in [0.5, 0.6) is 11.5 Å². The van der Waals surface area contributed by atoms with Crippen LogP contribution in [0.3, 0.4) is 0 Å². The summed E-state index contributed by atoms with van der Waals surface area (Å²) in [7, 11) is 3.51. The van der Waals surface area contributed by atoms with Gasteiger partial charge < -0.3 is 14.8 Å². The second kappa shape index (κ2) is 7.34. The molecule has 0 aliphatic carbocycles. The summed E-state index contributed by atoms with van der Waals surface area (Å²) < 4.78 is 11.4. The predicted molar refractivity (Wildman–Crippen MR) is 86.3 cm³/mol. The first-order valence-corrected chi connectivity index (χ1v) is 7.21. The summed E-state index contributed by atoms with van der Waals surface area (Å²) in [6.45, 7) is 3.23. The molecule has 2 aromatic rings. The number of hydrogen-bond donors (Lipinski definition) is 1. The Bertz CT molecular complexity index is 614. The van der Waals surface area contributed by atoms with Crippen molar-refractivity contribution >= 4 is 11.6 Å². The molecule has 21 heavy (non-hydrogen) atoms. The normalized spacial score (nSPS) is 10.5. The zero-order valence-electron chi connectivity index (χ0n) is 12.6. The third kappa shape index (κ3) is 4.13. The van der Waals surface area contributed by atoms with Gasteiger partial charge in [0.05, 0.1) is 7.11 Å². The Morgan fingerprint density at radius 2 is 2.00 bits per heavy atom. The van der Waals surface area contributed by atoms with Crippen LogP contribution in [0.2, 0.25) is 5.02 Å². The van der Waals surface area contributed by atoms with Crippen molar-refractivity contribution in [2.75, 3.05) is 14.2 Å². The van der Waals surface area contributed by atoms with Gasteiger partial charge in [0.1, 0.15) is 6.61 Å². The molecule has 3 nitrogen and oxygen atoms in total. The molecule has 0 fully saturated rings. The molecule has 0 atom stereocenters. The zero-order valence-corrected chi connectivity index (χ0v) is 13.3. The first kappa shape index (κ1) is 15.7. The van der Waals surface area contributed by atoms with Gasteiger partial charge in [0.2, 0.25) is 0 Å². The molecule has 0 radical (unpaired) electrons. The van der Waals surface area contributed by atoms with Gasteiger partial charge in [0.25, 0.3) is 0 Å². The lowest BCUT2D eigenvalue weighted by Gasteiger charge is -2.16. The fourth-order valence-electron chi connectivity index (χ4n) is 2.22. The topological polar surface area (TPSA) is 30.5 Å². The average molecular weight is 306 g/mol. The molecule has 4 heteroatoms. The summed E-state index contributed by atoms with van der Waals surface area (Å²) in [5, 5.41) is 3.75. The standard InChI is InChI=1S/C17H20ClNO2/c1-12-5-4-6-13(7-12)11-21-17-14(10-19-2)8-15(18)9-16(17)20-3/h4-9,19H,10-11H2,1-3H3. The molecule has 0 aromatic heterocycles. The fraction of sp³-hybridized carbons (Fsp3) is 0.294. The van der Waals surface area contributed by atoms with Gasteiger partial charge in [-0.3, -0.25) is 0 Å². The van der Waals surface area contributed by atoms with Crippen LogP contribution >= 0.6 is 11.6 Å². The molecule has 112 valence electrons. The number of hydrogen-bond acceptors (Lipinski definition) is 3. The van der Waals surface area contributed by atoms with Crippen LogP contribution in [-0.4, -0.2) is 14.2 Å². The van der Waals surface area contributed by atoms with Crippen molar-refractivity contribution in [3.8, 4) is 11.5 Å². The Kier molecular flexibility index (Phi) is 5.48. The molecular formula is C17H20ClNO2. The van der Waals surface area contributed by atoms with Crippen LogP contribution in [0.4, 0.5) is 0 Å². The van der Waals surface area contributed by atoms with Crippen molar-refractivity contribution in [2.45, 2.75) is 20.1 Å². The van der Waals surface area contributed by atoms with E-state index in [-0.39, 0.29) is 0 Å². The molecule has 0 aliphatic heterocycles. The SMILES string of the molecule is CNCc1cc(Cl)cc(OC)c1OCc1cccc(C)c1. The number of ether oxygens (including phenoxy) is 2. The molecule has 0 aliphatic rings. The first-order valence-electron chi connectivity index (χ1n) is 6.83. The Morgan fingerprint density at radius 1 is 1.19 bits per heavy atom. The Morgan fingerprint density at radius 3 is 2.67 bits per heavy atom. The number of aryl methyl sites for hydroxylation is 1. The lowest BCUT2D eigenvalue weighted by atomic mass is 10.1. The van der Waals surface area contributed by atoms with Crippen molar-refractivity contribution in [2.24, 2.45) is 0 Å². The lowest BCUT2D eigenvalue weighted by Crippen LogP contribution is -2.08. The number of benzene rings is 2. The minimum absolute atomic E-state index is 0.496. The largest absolute Gasteiger partial charge is 0.493 e. The van der Waals surface area contributed by atoms with Gasteiger partial charge in [-0.1, -0.05) is 41.4 Å². The van der Waals surface area contributed by atoms with Crippen LogP contribution < -0.4 is 14.8 Å². The third-order valence-electron chi connectivity index (χ3n) is 3.15. The maximum absolute atomic E-state index is 6.11. The second-order valence-electron chi connectivity index (χ2n) is 4.90. The molecule has 0 heterocycles. The highest BCUT2D eigenvalue weighted by Gasteiger charge is 2.12. The van der Waals surface area contributed by atoms with E-state index in [9.17, 15) is 0 Å². The zero-order chi connectivity index (χ0) is 15.2. The van der Waals surface area contributed by atoms with Crippen LogP contribution in [0, 0.1) is 6.92 Å². The molecule has 0 amide bonds. The van der Waals surface area contributed by atoms with E-state index in [0.29, 0.717) is 23.9 Å². The number of rotatable bonds is 6. The summed E-state index contributed by atoms with van der Waals surface area (Å²) in [5.41, 5.74) is 3.33. The number of nitrogens with one attached hydrogen (secondary N) is 1. The summed E-state index contributed by atoms with van der Waals surface area (Å²) in [6.07, 6.45) is 0. The van der Waals surface area contributed by atoms with Crippen LogP contribution in [-0.2, 0) is 13.2 Å². The highest BCUT2D eigenvalue weighted by Crippen LogP contribution is 2.35. The van der Waals surface area contributed by atoms with E-state index in [1.807, 2.05) is 25.2 Å². The van der Waals surface area contributed by atoms with E-state index >= 15 is 0 Å². The third-order valence-corrected chi connectivity index (χ3v) is 3.37. The summed E-state index contributed by atoms with van der Waals surface area (Å²) in [4.78, 5) is 0. The van der Waals surface area contributed by atoms with Gasteiger partial charge in [-0.25, -0.2) is 0 Å². The minimum atomic E-state index is 0.496. The monoisotopic (exact) mass is 305 g/mol. The second-order valence-corrected chi connectivity index (χ2v) is 5.34. The maximum atomic E-state index is 6.11. The Labute approximate surface area is 130 Å². The van der Waals surface area contributed by atoms with Gasteiger partial charge in [0.15, 0.2) is 11.5 Å². The van der Waals surface area contributed by atoms with Crippen molar-refractivity contribution < 1.29 is 9.47 Å². The molecule has 0 saturated carbocycles. The van der Waals surface area contributed by atoms with Crippen LogP contribution in [0.1, 0.15) is 16.7 Å². The smallest absolute Gasteiger partial charge is 0.166 e. The van der Waals surface area contributed by atoms with Gasteiger partial charge in [-0.15, -0.1) is 0 Å². The predicted octanol–water partition coefficient (Wildman–Crippen LogP) is 3.96. The maximum Gasteiger partial charge on any atom is 0.166 e. The highest BCUT2D eigenvalue weighted by molar-refractivity contribution is 6.30. The van der Waals surface area contributed by atoms with Crippen LogP contribution in [0.15, 0.2) is 36.4 Å². The quantitative estimate of drug-likeness (QED) is 0.876. The van der Waals surface area contributed by atoms with Gasteiger partial charge in [-0.05, 0) is 25.6 Å². The molecule has 2 rings (SSSR count). The van der Waals surface area contributed by atoms with Crippen molar-refractivity contribution in [1.82, 2.24) is 5.32 Å². The van der Waals surface area contributed by atoms with Crippen molar-refractivity contribution in [3.05, 3.63) is 58.1 Å². The van der Waals surface area contributed by atoms with Gasteiger partial charge in [0, 0.05) is 23.2 Å². The average Bonchev–Trinajstić information content (AvgIpc) is 2.46. The summed E-state index contributed by atoms with van der Waals surface area (Å²) in [5.74, 6) is 1.39. The molecular weight excluding hydrogens is 286 g/mol.